The highest BCUT2D eigenvalue weighted by Crippen LogP contribution is 2.08. The predicted octanol–water partition coefficient (Wildman–Crippen LogP) is 2.86. The zero-order valence-corrected chi connectivity index (χ0v) is 10.4. The Labute approximate surface area is 101 Å². The van der Waals surface area contributed by atoms with E-state index in [1.807, 2.05) is 12.5 Å². The van der Waals surface area contributed by atoms with Gasteiger partial charge in [0.25, 0.3) is 0 Å². The average molecular weight is 300 g/mol. The molecule has 0 atom stereocenters. The highest BCUT2D eigenvalue weighted by Gasteiger charge is 1.96. The molecule has 0 bridgehead atoms. The summed E-state index contributed by atoms with van der Waals surface area (Å²) in [4.78, 5) is 4.01. The molecule has 2 rings (SSSR count). The van der Waals surface area contributed by atoms with Gasteiger partial charge in [-0.15, -0.1) is 24.0 Å². The van der Waals surface area contributed by atoms with E-state index in [1.54, 1.807) is 6.20 Å². The first kappa shape index (κ1) is 11.2. The Hall–Kier alpha value is -0.840. The van der Waals surface area contributed by atoms with Crippen molar-refractivity contribution in [3.8, 4) is 0 Å². The second-order valence-corrected chi connectivity index (χ2v) is 3.16. The van der Waals surface area contributed by atoms with Gasteiger partial charge in [-0.3, -0.25) is 0 Å². The van der Waals surface area contributed by atoms with Crippen molar-refractivity contribution in [3.63, 3.8) is 0 Å². The lowest BCUT2D eigenvalue weighted by Crippen LogP contribution is -1.97. The largest absolute Gasteiger partial charge is 0.333 e. The number of benzene rings is 1. The molecule has 0 amide bonds. The van der Waals surface area contributed by atoms with E-state index in [4.69, 9.17) is 0 Å². The maximum atomic E-state index is 4.01. The third-order valence-corrected chi connectivity index (χ3v) is 2.17. The summed E-state index contributed by atoms with van der Waals surface area (Å²) in [5.41, 5.74) is 2.68. The van der Waals surface area contributed by atoms with Gasteiger partial charge in [-0.1, -0.05) is 24.3 Å². The number of nitrogens with zero attached hydrogens (tertiary/aromatic N) is 2. The van der Waals surface area contributed by atoms with Crippen molar-refractivity contribution in [3.05, 3.63) is 54.1 Å². The van der Waals surface area contributed by atoms with Crippen LogP contribution >= 0.6 is 24.0 Å². The van der Waals surface area contributed by atoms with Crippen molar-refractivity contribution in [1.29, 1.82) is 0 Å². The quantitative estimate of drug-likeness (QED) is 0.780. The molecule has 0 spiro atoms. The minimum absolute atomic E-state index is 0. The van der Waals surface area contributed by atoms with E-state index in [1.165, 1.54) is 11.1 Å². The molecule has 0 aliphatic rings. The van der Waals surface area contributed by atoms with E-state index >= 15 is 0 Å². The van der Waals surface area contributed by atoms with Gasteiger partial charge in [0.05, 0.1) is 6.33 Å². The minimum atomic E-state index is 0. The van der Waals surface area contributed by atoms with E-state index in [0.29, 0.717) is 0 Å². The van der Waals surface area contributed by atoms with E-state index in [-0.39, 0.29) is 24.0 Å². The van der Waals surface area contributed by atoms with E-state index < -0.39 is 0 Å². The SMILES string of the molecule is Cc1ccccc1Cn1ccnc1.I. The van der Waals surface area contributed by atoms with Gasteiger partial charge in [0.1, 0.15) is 0 Å². The molecule has 0 saturated heterocycles. The molecule has 1 heterocycles. The van der Waals surface area contributed by atoms with E-state index in [9.17, 15) is 0 Å². The summed E-state index contributed by atoms with van der Waals surface area (Å²) < 4.78 is 2.07. The van der Waals surface area contributed by atoms with Crippen molar-refractivity contribution in [2.75, 3.05) is 0 Å². The van der Waals surface area contributed by atoms with Crippen LogP contribution < -0.4 is 0 Å². The van der Waals surface area contributed by atoms with E-state index in [0.717, 1.165) is 6.54 Å². The Morgan fingerprint density at radius 3 is 2.71 bits per heavy atom. The van der Waals surface area contributed by atoms with Crippen LogP contribution in [0.2, 0.25) is 0 Å². The smallest absolute Gasteiger partial charge is 0.0949 e. The minimum Gasteiger partial charge on any atom is -0.333 e. The second kappa shape index (κ2) is 5.14. The Kier molecular flexibility index (Phi) is 4.13. The van der Waals surface area contributed by atoms with Gasteiger partial charge in [0.15, 0.2) is 0 Å². The van der Waals surface area contributed by atoms with Crippen LogP contribution in [0.1, 0.15) is 11.1 Å². The zero-order valence-electron chi connectivity index (χ0n) is 8.05. The van der Waals surface area contributed by atoms with Crippen LogP contribution in [0.15, 0.2) is 43.0 Å². The van der Waals surface area contributed by atoms with Crippen LogP contribution in [0.4, 0.5) is 0 Å². The molecule has 0 radical (unpaired) electrons. The highest BCUT2D eigenvalue weighted by atomic mass is 127. The number of rotatable bonds is 2. The molecule has 2 nitrogen and oxygen atoms in total. The molecule has 2 aromatic rings. The van der Waals surface area contributed by atoms with Gasteiger partial charge in [-0.2, -0.15) is 0 Å². The van der Waals surface area contributed by atoms with E-state index in [2.05, 4.69) is 40.7 Å². The molecule has 1 aromatic heterocycles. The molecular weight excluding hydrogens is 287 g/mol. The van der Waals surface area contributed by atoms with Gasteiger partial charge in [0, 0.05) is 18.9 Å². The van der Waals surface area contributed by atoms with Crippen molar-refractivity contribution in [1.82, 2.24) is 9.55 Å². The lowest BCUT2D eigenvalue weighted by Gasteiger charge is -2.05. The van der Waals surface area contributed by atoms with Gasteiger partial charge >= 0.3 is 0 Å². The highest BCUT2D eigenvalue weighted by molar-refractivity contribution is 14.0. The van der Waals surface area contributed by atoms with Crippen LogP contribution in [-0.4, -0.2) is 9.55 Å². The topological polar surface area (TPSA) is 17.8 Å². The van der Waals surface area contributed by atoms with Crippen LogP contribution in [0.5, 0.6) is 0 Å². The molecule has 14 heavy (non-hydrogen) atoms. The zero-order chi connectivity index (χ0) is 9.10. The third-order valence-electron chi connectivity index (χ3n) is 2.17. The van der Waals surface area contributed by atoms with Crippen molar-refractivity contribution in [2.45, 2.75) is 13.5 Å². The molecule has 0 aliphatic heterocycles. The van der Waals surface area contributed by atoms with Crippen LogP contribution in [0.3, 0.4) is 0 Å². The molecule has 74 valence electrons. The summed E-state index contributed by atoms with van der Waals surface area (Å²) in [6.45, 7) is 3.04. The van der Waals surface area contributed by atoms with Crippen LogP contribution in [-0.2, 0) is 6.54 Å². The Balaban J connectivity index is 0.000000980. The second-order valence-electron chi connectivity index (χ2n) is 3.16. The predicted molar refractivity (Wildman–Crippen MR) is 67.9 cm³/mol. The summed E-state index contributed by atoms with van der Waals surface area (Å²) in [6, 6.07) is 8.41. The van der Waals surface area contributed by atoms with Gasteiger partial charge in [-0.25, -0.2) is 4.98 Å². The summed E-state index contributed by atoms with van der Waals surface area (Å²) in [5.74, 6) is 0. The Morgan fingerprint density at radius 2 is 2.07 bits per heavy atom. The lowest BCUT2D eigenvalue weighted by molar-refractivity contribution is 0.792. The number of aromatic nitrogens is 2. The van der Waals surface area contributed by atoms with Gasteiger partial charge < -0.3 is 4.57 Å². The molecule has 0 unspecified atom stereocenters. The normalized spacial score (nSPS) is 9.50. The molecule has 0 saturated carbocycles. The summed E-state index contributed by atoms with van der Waals surface area (Å²) in [5, 5.41) is 0. The summed E-state index contributed by atoms with van der Waals surface area (Å²) in [6.07, 6.45) is 5.62. The molecule has 1 aromatic carbocycles. The van der Waals surface area contributed by atoms with Gasteiger partial charge in [0.2, 0.25) is 0 Å². The fourth-order valence-corrected chi connectivity index (χ4v) is 1.36. The first-order valence-electron chi connectivity index (χ1n) is 4.36. The van der Waals surface area contributed by atoms with Crippen molar-refractivity contribution < 1.29 is 0 Å². The Bertz CT molecular complexity index is 382. The molecular formula is C11H13IN2. The molecule has 3 heteroatoms. The lowest BCUT2D eigenvalue weighted by atomic mass is 10.1. The maximum absolute atomic E-state index is 4.01. The number of halogens is 1. The Morgan fingerprint density at radius 1 is 1.29 bits per heavy atom. The number of hydrogen-bond acceptors (Lipinski definition) is 1. The molecule has 0 N–H and O–H groups in total. The monoisotopic (exact) mass is 300 g/mol. The summed E-state index contributed by atoms with van der Waals surface area (Å²) in [7, 11) is 0. The number of aryl methyl sites for hydroxylation is 1. The average Bonchev–Trinajstić information content (AvgIpc) is 2.61. The standard InChI is InChI=1S/C11H12N2.HI/c1-10-4-2-3-5-11(10)8-13-7-6-12-9-13;/h2-7,9H,8H2,1H3;1H. The van der Waals surface area contributed by atoms with Crippen molar-refractivity contribution in [2.24, 2.45) is 0 Å². The number of hydrogen-bond donors (Lipinski definition) is 0. The fourth-order valence-electron chi connectivity index (χ4n) is 1.36. The van der Waals surface area contributed by atoms with Crippen LogP contribution in [0, 0.1) is 6.92 Å². The summed E-state index contributed by atoms with van der Waals surface area (Å²) >= 11 is 0. The molecule has 0 aliphatic carbocycles. The molecule has 0 fully saturated rings. The number of imidazole rings is 1. The van der Waals surface area contributed by atoms with Crippen molar-refractivity contribution >= 4 is 24.0 Å². The first-order chi connectivity index (χ1) is 6.36. The first-order valence-corrected chi connectivity index (χ1v) is 4.36. The third kappa shape index (κ3) is 2.57. The maximum Gasteiger partial charge on any atom is 0.0949 e. The van der Waals surface area contributed by atoms with Crippen LogP contribution in [0.25, 0.3) is 0 Å². The van der Waals surface area contributed by atoms with Gasteiger partial charge in [-0.05, 0) is 18.1 Å². The fraction of sp³-hybridized carbons (Fsp3) is 0.182.